The van der Waals surface area contributed by atoms with Gasteiger partial charge in [0.15, 0.2) is 11.5 Å². The summed E-state index contributed by atoms with van der Waals surface area (Å²) in [5.41, 5.74) is 2.74. The van der Waals surface area contributed by atoms with Crippen molar-refractivity contribution in [3.63, 3.8) is 0 Å². The van der Waals surface area contributed by atoms with Crippen LogP contribution in [0.5, 0.6) is 5.75 Å². The van der Waals surface area contributed by atoms with Crippen LogP contribution in [0.25, 0.3) is 6.08 Å². The molecule has 0 spiro atoms. The second-order valence-corrected chi connectivity index (χ2v) is 8.43. The van der Waals surface area contributed by atoms with Crippen molar-refractivity contribution in [1.82, 2.24) is 4.90 Å². The lowest BCUT2D eigenvalue weighted by atomic mass is 9.95. The van der Waals surface area contributed by atoms with Gasteiger partial charge in [-0.2, -0.15) is 0 Å². The maximum Gasteiger partial charge on any atom is 0.290 e. The molecule has 3 aromatic rings. The van der Waals surface area contributed by atoms with Crippen molar-refractivity contribution in [3.05, 3.63) is 119 Å². The van der Waals surface area contributed by atoms with E-state index in [1.807, 2.05) is 91.9 Å². The van der Waals surface area contributed by atoms with E-state index in [2.05, 4.69) is 0 Å². The molecular weight excluding hydrogens is 438 g/mol. The number of aliphatic hydroxyl groups is 1. The number of carbonyl (C=O) groups excluding carboxylic acids is 2. The van der Waals surface area contributed by atoms with E-state index in [1.165, 1.54) is 6.08 Å². The number of benzene rings is 3. The van der Waals surface area contributed by atoms with Gasteiger partial charge in [0.05, 0.1) is 18.2 Å². The molecule has 5 heteroatoms. The molecule has 178 valence electrons. The molecule has 1 N–H and O–H groups in total. The van der Waals surface area contributed by atoms with Crippen LogP contribution in [-0.4, -0.2) is 34.8 Å². The molecule has 1 aliphatic rings. The minimum atomic E-state index is -0.704. The minimum Gasteiger partial charge on any atom is -0.503 e. The lowest BCUT2D eigenvalue weighted by molar-refractivity contribution is -0.129. The quantitative estimate of drug-likeness (QED) is 0.389. The third-order valence-corrected chi connectivity index (χ3v) is 5.93. The predicted molar refractivity (Wildman–Crippen MR) is 137 cm³/mol. The number of carbonyl (C=O) groups is 2. The third kappa shape index (κ3) is 5.69. The Kier molecular flexibility index (Phi) is 7.78. The van der Waals surface area contributed by atoms with E-state index in [0.717, 1.165) is 23.1 Å². The molecule has 0 aromatic heterocycles. The van der Waals surface area contributed by atoms with Gasteiger partial charge >= 0.3 is 0 Å². The van der Waals surface area contributed by atoms with Crippen LogP contribution in [-0.2, 0) is 16.0 Å². The Morgan fingerprint density at radius 2 is 1.71 bits per heavy atom. The minimum absolute atomic E-state index is 0.0860. The second-order valence-electron chi connectivity index (χ2n) is 8.43. The third-order valence-electron chi connectivity index (χ3n) is 5.93. The first-order valence-electron chi connectivity index (χ1n) is 11.9. The fraction of sp³-hybridized carbons (Fsp3) is 0.200. The monoisotopic (exact) mass is 467 g/mol. The molecular formula is C30H29NO4. The molecule has 0 fully saturated rings. The SMILES string of the molecule is CCCOc1cccc(C2C(C(=O)C=Cc3ccccc3)=C(O)C(=O)N2CCc2ccccc2)c1. The van der Waals surface area contributed by atoms with Crippen LogP contribution in [0.4, 0.5) is 0 Å². The van der Waals surface area contributed by atoms with Gasteiger partial charge < -0.3 is 14.7 Å². The normalized spacial score (nSPS) is 15.7. The summed E-state index contributed by atoms with van der Waals surface area (Å²) >= 11 is 0. The molecule has 1 atom stereocenters. The summed E-state index contributed by atoms with van der Waals surface area (Å²) in [5, 5.41) is 10.8. The van der Waals surface area contributed by atoms with E-state index in [9.17, 15) is 14.7 Å². The van der Waals surface area contributed by atoms with Crippen LogP contribution in [0.3, 0.4) is 0 Å². The van der Waals surface area contributed by atoms with Gasteiger partial charge in [-0.1, -0.05) is 85.8 Å². The van der Waals surface area contributed by atoms with E-state index in [1.54, 1.807) is 11.0 Å². The number of nitrogens with zero attached hydrogens (tertiary/aromatic N) is 1. The molecule has 1 aliphatic heterocycles. The molecule has 1 heterocycles. The number of allylic oxidation sites excluding steroid dienone is 1. The number of rotatable bonds is 10. The summed E-state index contributed by atoms with van der Waals surface area (Å²) in [6.07, 6.45) is 4.57. The molecule has 3 aromatic carbocycles. The van der Waals surface area contributed by atoms with Gasteiger partial charge in [-0.15, -0.1) is 0 Å². The lowest BCUT2D eigenvalue weighted by Gasteiger charge is -2.27. The first-order chi connectivity index (χ1) is 17.1. The lowest BCUT2D eigenvalue weighted by Crippen LogP contribution is -2.33. The van der Waals surface area contributed by atoms with E-state index in [-0.39, 0.29) is 5.57 Å². The van der Waals surface area contributed by atoms with Crippen molar-refractivity contribution in [2.45, 2.75) is 25.8 Å². The fourth-order valence-corrected chi connectivity index (χ4v) is 4.20. The topological polar surface area (TPSA) is 66.8 Å². The Bertz CT molecular complexity index is 1230. The van der Waals surface area contributed by atoms with Crippen molar-refractivity contribution in [3.8, 4) is 5.75 Å². The summed E-state index contributed by atoms with van der Waals surface area (Å²) in [7, 11) is 0. The molecule has 35 heavy (non-hydrogen) atoms. The highest BCUT2D eigenvalue weighted by Crippen LogP contribution is 2.39. The average molecular weight is 468 g/mol. The molecule has 0 bridgehead atoms. The van der Waals surface area contributed by atoms with E-state index < -0.39 is 23.5 Å². The zero-order chi connectivity index (χ0) is 24.6. The molecule has 4 rings (SSSR count). The largest absolute Gasteiger partial charge is 0.503 e. The van der Waals surface area contributed by atoms with Crippen LogP contribution in [0, 0.1) is 0 Å². The smallest absolute Gasteiger partial charge is 0.290 e. The number of aliphatic hydroxyl groups excluding tert-OH is 1. The maximum absolute atomic E-state index is 13.3. The van der Waals surface area contributed by atoms with Gasteiger partial charge in [-0.3, -0.25) is 9.59 Å². The highest BCUT2D eigenvalue weighted by molar-refractivity contribution is 6.14. The summed E-state index contributed by atoms with van der Waals surface area (Å²) in [5.74, 6) is -0.766. The molecule has 0 aliphatic carbocycles. The maximum atomic E-state index is 13.3. The molecule has 0 saturated heterocycles. The van der Waals surface area contributed by atoms with Gasteiger partial charge in [-0.25, -0.2) is 0 Å². The van der Waals surface area contributed by atoms with Gasteiger partial charge in [0.2, 0.25) is 0 Å². The van der Waals surface area contributed by atoms with Crippen molar-refractivity contribution in [2.75, 3.05) is 13.2 Å². The van der Waals surface area contributed by atoms with Gasteiger partial charge in [0.25, 0.3) is 5.91 Å². The van der Waals surface area contributed by atoms with Crippen molar-refractivity contribution >= 4 is 17.8 Å². The van der Waals surface area contributed by atoms with E-state index in [4.69, 9.17) is 4.74 Å². The Balaban J connectivity index is 1.67. The van der Waals surface area contributed by atoms with Gasteiger partial charge in [0.1, 0.15) is 5.75 Å². The Labute approximate surface area is 206 Å². The zero-order valence-electron chi connectivity index (χ0n) is 19.8. The highest BCUT2D eigenvalue weighted by Gasteiger charge is 2.42. The number of hydrogen-bond acceptors (Lipinski definition) is 4. The summed E-state index contributed by atoms with van der Waals surface area (Å²) < 4.78 is 5.79. The average Bonchev–Trinajstić information content (AvgIpc) is 3.16. The first kappa shape index (κ1) is 24.0. The van der Waals surface area contributed by atoms with Crippen LogP contribution in [0.1, 0.15) is 36.1 Å². The van der Waals surface area contributed by atoms with E-state index >= 15 is 0 Å². The van der Waals surface area contributed by atoms with Crippen LogP contribution in [0.2, 0.25) is 0 Å². The van der Waals surface area contributed by atoms with Gasteiger partial charge in [-0.05, 0) is 47.7 Å². The van der Waals surface area contributed by atoms with Gasteiger partial charge in [0, 0.05) is 6.54 Å². The predicted octanol–water partition coefficient (Wildman–Crippen LogP) is 5.70. The standard InChI is InChI=1S/C30H29NO4/c1-2-20-35-25-15-9-14-24(21-25)28-27(26(32)17-16-22-10-5-3-6-11-22)29(33)30(34)31(28)19-18-23-12-7-4-8-13-23/h3-17,21,28,33H,2,18-20H2,1H3. The fourth-order valence-electron chi connectivity index (χ4n) is 4.20. The van der Waals surface area contributed by atoms with Crippen LogP contribution in [0.15, 0.2) is 102 Å². The number of ether oxygens (including phenoxy) is 1. The Morgan fingerprint density at radius 3 is 2.43 bits per heavy atom. The van der Waals surface area contributed by atoms with E-state index in [0.29, 0.717) is 25.3 Å². The molecule has 1 unspecified atom stereocenters. The number of ketones is 1. The zero-order valence-corrected chi connectivity index (χ0v) is 19.8. The van der Waals surface area contributed by atoms with Crippen molar-refractivity contribution in [2.24, 2.45) is 0 Å². The van der Waals surface area contributed by atoms with Crippen LogP contribution < -0.4 is 4.74 Å². The van der Waals surface area contributed by atoms with Crippen molar-refractivity contribution < 1.29 is 19.4 Å². The number of hydrogen-bond donors (Lipinski definition) is 1. The summed E-state index contributed by atoms with van der Waals surface area (Å²) in [4.78, 5) is 28.1. The number of amides is 1. The molecule has 1 amide bonds. The summed E-state index contributed by atoms with van der Waals surface area (Å²) in [6, 6.07) is 26.0. The summed E-state index contributed by atoms with van der Waals surface area (Å²) in [6.45, 7) is 2.95. The van der Waals surface area contributed by atoms with Crippen molar-refractivity contribution in [1.29, 1.82) is 0 Å². The van der Waals surface area contributed by atoms with Crippen LogP contribution >= 0.6 is 0 Å². The molecule has 0 saturated carbocycles. The first-order valence-corrected chi connectivity index (χ1v) is 11.9. The Morgan fingerprint density at radius 1 is 1.00 bits per heavy atom. The second kappa shape index (κ2) is 11.3. The molecule has 0 radical (unpaired) electrons. The highest BCUT2D eigenvalue weighted by atomic mass is 16.5. The Hall–Kier alpha value is -4.12. The molecule has 5 nitrogen and oxygen atoms in total.